The Morgan fingerprint density at radius 1 is 0.935 bits per heavy atom. The number of fused-ring (bicyclic) bond motifs is 2. The first-order valence-corrected chi connectivity index (χ1v) is 15.7. The van der Waals surface area contributed by atoms with E-state index < -0.39 is 17.3 Å². The van der Waals surface area contributed by atoms with Gasteiger partial charge in [-0.25, -0.2) is 9.59 Å². The summed E-state index contributed by atoms with van der Waals surface area (Å²) in [5, 5.41) is 2.70. The highest BCUT2D eigenvalue weighted by Gasteiger charge is 2.32. The number of rotatable bonds is 7. The summed E-state index contributed by atoms with van der Waals surface area (Å²) in [6, 6.07) is 6.70. The van der Waals surface area contributed by atoms with Crippen LogP contribution in [0.1, 0.15) is 60.1 Å². The SMILES string of the molecule is CC(C)(C)OC(=O)Nc1cnc2ccc(=O)n(CCN3CCC(N(Cc4cc5c(cn4)OCCO5)C(=O)OC(C)(C)C)CC3)c2c1. The number of nitrogens with one attached hydrogen (secondary N) is 1. The van der Waals surface area contributed by atoms with E-state index in [0.29, 0.717) is 60.2 Å². The summed E-state index contributed by atoms with van der Waals surface area (Å²) in [6.45, 7) is 14.7. The largest absolute Gasteiger partial charge is 0.486 e. The topological polar surface area (TPSA) is 137 Å². The summed E-state index contributed by atoms with van der Waals surface area (Å²) in [6.07, 6.45) is 3.68. The van der Waals surface area contributed by atoms with Gasteiger partial charge in [0.15, 0.2) is 11.5 Å². The summed E-state index contributed by atoms with van der Waals surface area (Å²) in [4.78, 5) is 51.7. The minimum Gasteiger partial charge on any atom is -0.486 e. The number of ether oxygens (including phenoxy) is 4. The number of piperidine rings is 1. The molecule has 46 heavy (non-hydrogen) atoms. The quantitative estimate of drug-likeness (QED) is 0.385. The number of likely N-dealkylation sites (tertiary alicyclic amines) is 1. The first-order valence-electron chi connectivity index (χ1n) is 15.7. The van der Waals surface area contributed by atoms with E-state index in [2.05, 4.69) is 20.2 Å². The lowest BCUT2D eigenvalue weighted by Gasteiger charge is -2.39. The number of carbonyl (C=O) groups is 2. The third-order valence-electron chi connectivity index (χ3n) is 7.57. The Balaban J connectivity index is 1.25. The average Bonchev–Trinajstić information content (AvgIpc) is 2.98. The van der Waals surface area contributed by atoms with Gasteiger partial charge in [0.25, 0.3) is 5.56 Å². The van der Waals surface area contributed by atoms with Crippen molar-refractivity contribution in [2.45, 2.75) is 84.7 Å². The first kappa shape index (κ1) is 33.0. The molecule has 2 amide bonds. The van der Waals surface area contributed by atoms with Crippen molar-refractivity contribution >= 4 is 28.9 Å². The molecule has 0 bridgehead atoms. The molecule has 1 N–H and O–H groups in total. The molecule has 13 nitrogen and oxygen atoms in total. The Hall–Kier alpha value is -4.39. The molecule has 5 heterocycles. The number of hydrogen-bond acceptors (Lipinski definition) is 10. The van der Waals surface area contributed by atoms with Crippen LogP contribution in [0.2, 0.25) is 0 Å². The number of amides is 2. The molecule has 2 aliphatic rings. The molecule has 1 saturated heterocycles. The standard InChI is InChI=1S/C33H44N6O7/c1-32(2,3)45-30(41)36-22-17-26-25(35-19-22)7-8-29(40)38(26)14-13-37-11-9-24(10-12-37)39(31(42)46-33(4,5)6)21-23-18-27-28(20-34-23)44-16-15-43-27/h7-8,17-20,24H,9-16,21H2,1-6H3,(H,36,41). The van der Waals surface area contributed by atoms with Crippen LogP contribution < -0.4 is 20.3 Å². The average molecular weight is 637 g/mol. The molecule has 3 aromatic rings. The van der Waals surface area contributed by atoms with Gasteiger partial charge in [-0.3, -0.25) is 25.0 Å². The van der Waals surface area contributed by atoms with Crippen LogP contribution >= 0.6 is 0 Å². The van der Waals surface area contributed by atoms with Crippen LogP contribution in [0.5, 0.6) is 11.5 Å². The van der Waals surface area contributed by atoms with Crippen LogP contribution in [-0.4, -0.2) is 86.6 Å². The Kier molecular flexibility index (Phi) is 9.71. The minimum absolute atomic E-state index is 0.0490. The third kappa shape index (κ3) is 8.65. The second-order valence-corrected chi connectivity index (χ2v) is 13.6. The van der Waals surface area contributed by atoms with Crippen molar-refractivity contribution in [3.8, 4) is 11.5 Å². The molecule has 0 aliphatic carbocycles. The minimum atomic E-state index is -0.643. The van der Waals surface area contributed by atoms with Crippen LogP contribution in [0.3, 0.4) is 0 Å². The lowest BCUT2D eigenvalue weighted by molar-refractivity contribution is 0.00527. The maximum atomic E-state index is 13.4. The lowest BCUT2D eigenvalue weighted by Crippen LogP contribution is -2.49. The van der Waals surface area contributed by atoms with E-state index in [1.165, 1.54) is 6.07 Å². The number of anilines is 1. The smallest absolute Gasteiger partial charge is 0.412 e. The van der Waals surface area contributed by atoms with Crippen molar-refractivity contribution in [3.63, 3.8) is 0 Å². The van der Waals surface area contributed by atoms with Crippen molar-refractivity contribution in [1.29, 1.82) is 0 Å². The Labute approximate surface area is 268 Å². The van der Waals surface area contributed by atoms with Gasteiger partial charge in [0.2, 0.25) is 0 Å². The van der Waals surface area contributed by atoms with Crippen molar-refractivity contribution in [2.24, 2.45) is 0 Å². The Bertz CT molecular complexity index is 1620. The molecule has 13 heteroatoms. The van der Waals surface area contributed by atoms with Crippen LogP contribution in [0.15, 0.2) is 41.5 Å². The van der Waals surface area contributed by atoms with Crippen molar-refractivity contribution in [1.82, 2.24) is 24.3 Å². The lowest BCUT2D eigenvalue weighted by atomic mass is 10.0. The van der Waals surface area contributed by atoms with Crippen LogP contribution in [-0.2, 0) is 22.6 Å². The molecule has 248 valence electrons. The highest BCUT2D eigenvalue weighted by molar-refractivity contribution is 5.88. The van der Waals surface area contributed by atoms with Gasteiger partial charge in [0.05, 0.1) is 41.4 Å². The molecule has 0 aromatic carbocycles. The molecule has 1 fully saturated rings. The monoisotopic (exact) mass is 636 g/mol. The zero-order valence-electron chi connectivity index (χ0n) is 27.5. The van der Waals surface area contributed by atoms with E-state index in [0.717, 1.165) is 25.9 Å². The second kappa shape index (κ2) is 13.5. The molecule has 0 spiro atoms. The Morgan fingerprint density at radius 3 is 2.33 bits per heavy atom. The van der Waals surface area contributed by atoms with Gasteiger partial charge < -0.3 is 28.4 Å². The summed E-state index contributed by atoms with van der Waals surface area (Å²) in [5.41, 5.74) is 0.975. The molecule has 3 aromatic heterocycles. The molecule has 0 unspecified atom stereocenters. The predicted octanol–water partition coefficient (Wildman–Crippen LogP) is 4.81. The van der Waals surface area contributed by atoms with E-state index >= 15 is 0 Å². The van der Waals surface area contributed by atoms with E-state index in [9.17, 15) is 14.4 Å². The third-order valence-corrected chi connectivity index (χ3v) is 7.57. The van der Waals surface area contributed by atoms with Crippen LogP contribution in [0.25, 0.3) is 11.0 Å². The normalized spacial score (nSPS) is 15.8. The molecule has 0 radical (unpaired) electrons. The summed E-state index contributed by atoms with van der Waals surface area (Å²) in [7, 11) is 0. The van der Waals surface area contributed by atoms with Crippen LogP contribution in [0.4, 0.5) is 15.3 Å². The maximum Gasteiger partial charge on any atom is 0.412 e. The number of aromatic nitrogens is 3. The fourth-order valence-corrected chi connectivity index (χ4v) is 5.50. The van der Waals surface area contributed by atoms with Gasteiger partial charge in [-0.05, 0) is 66.5 Å². The molecule has 0 saturated carbocycles. The first-order chi connectivity index (χ1) is 21.7. The van der Waals surface area contributed by atoms with Crippen LogP contribution in [0, 0.1) is 0 Å². The molecule has 0 atom stereocenters. The second-order valence-electron chi connectivity index (χ2n) is 13.6. The van der Waals surface area contributed by atoms with E-state index in [1.807, 2.05) is 26.8 Å². The summed E-state index contributed by atoms with van der Waals surface area (Å²) in [5.74, 6) is 1.23. The van der Waals surface area contributed by atoms with Gasteiger partial charge in [-0.1, -0.05) is 0 Å². The van der Waals surface area contributed by atoms with Crippen molar-refractivity contribution in [2.75, 3.05) is 38.2 Å². The summed E-state index contributed by atoms with van der Waals surface area (Å²) < 4.78 is 24.2. The van der Waals surface area contributed by atoms with Gasteiger partial charge in [0.1, 0.15) is 24.4 Å². The highest BCUT2D eigenvalue weighted by atomic mass is 16.6. The Morgan fingerprint density at radius 2 is 1.63 bits per heavy atom. The van der Waals surface area contributed by atoms with E-state index in [1.54, 1.807) is 54.8 Å². The fourth-order valence-electron chi connectivity index (χ4n) is 5.50. The van der Waals surface area contributed by atoms with E-state index in [-0.39, 0.29) is 24.2 Å². The molecule has 2 aliphatic heterocycles. The number of hydrogen-bond donors (Lipinski definition) is 1. The highest BCUT2D eigenvalue weighted by Crippen LogP contribution is 2.31. The number of pyridine rings is 3. The number of nitrogens with zero attached hydrogens (tertiary/aromatic N) is 5. The fraction of sp³-hybridized carbons (Fsp3) is 0.545. The van der Waals surface area contributed by atoms with Gasteiger partial charge in [-0.15, -0.1) is 0 Å². The maximum absolute atomic E-state index is 13.4. The molecular weight excluding hydrogens is 592 g/mol. The zero-order valence-corrected chi connectivity index (χ0v) is 27.5. The van der Waals surface area contributed by atoms with Gasteiger partial charge in [0, 0.05) is 44.4 Å². The molecule has 5 rings (SSSR count). The van der Waals surface area contributed by atoms with Crippen molar-refractivity contribution in [3.05, 3.63) is 52.7 Å². The predicted molar refractivity (Wildman–Crippen MR) is 172 cm³/mol. The van der Waals surface area contributed by atoms with Crippen molar-refractivity contribution < 1.29 is 28.5 Å². The van der Waals surface area contributed by atoms with E-state index in [4.69, 9.17) is 18.9 Å². The number of carbonyl (C=O) groups excluding carboxylic acids is 2. The zero-order chi connectivity index (χ0) is 33.1. The summed E-state index contributed by atoms with van der Waals surface area (Å²) >= 11 is 0. The van der Waals surface area contributed by atoms with Gasteiger partial charge in [-0.2, -0.15) is 0 Å². The molecular formula is C33H44N6O7. The van der Waals surface area contributed by atoms with Gasteiger partial charge >= 0.3 is 12.2 Å².